The van der Waals surface area contributed by atoms with Gasteiger partial charge >= 0.3 is 6.18 Å². The second kappa shape index (κ2) is 5.90. The van der Waals surface area contributed by atoms with Crippen LogP contribution in [0.3, 0.4) is 0 Å². The van der Waals surface area contributed by atoms with Crippen LogP contribution in [-0.4, -0.2) is 29.1 Å². The molecule has 1 aromatic carbocycles. The van der Waals surface area contributed by atoms with Crippen molar-refractivity contribution < 1.29 is 22.8 Å². The molecule has 2 rings (SSSR count). The predicted molar refractivity (Wildman–Crippen MR) is 73.2 cm³/mol. The molecule has 2 N–H and O–H groups in total. The maximum absolute atomic E-state index is 12.6. The molecule has 0 atom stereocenters. The molecule has 2 amide bonds. The monoisotopic (exact) mass is 316 g/mol. The number of nitrogens with two attached hydrogens (primary N) is 1. The number of rotatable bonds is 3. The molecular weight excluding hydrogens is 305 g/mol. The zero-order valence-electron chi connectivity index (χ0n) is 10.7. The molecule has 1 fully saturated rings. The number of thioether (sulfide) groups is 1. The van der Waals surface area contributed by atoms with Gasteiger partial charge in [-0.05, 0) is 35.5 Å². The molecule has 1 heterocycles. The van der Waals surface area contributed by atoms with E-state index in [9.17, 15) is 22.8 Å². The number of amides is 2. The standard InChI is InChI=1S/C13H11F3N2O2S/c14-13(15,16)9-3-1-2-8(6-9)7-10-11(19)18(5-4-17)12(20)21-10/h1-3,6-7H,4-5,17H2/b10-7-. The van der Waals surface area contributed by atoms with Gasteiger partial charge in [0.25, 0.3) is 11.1 Å². The molecule has 0 radical (unpaired) electrons. The number of hydrogen-bond donors (Lipinski definition) is 1. The van der Waals surface area contributed by atoms with Crippen molar-refractivity contribution in [3.63, 3.8) is 0 Å². The molecule has 0 unspecified atom stereocenters. The van der Waals surface area contributed by atoms with Gasteiger partial charge in [0.15, 0.2) is 0 Å². The maximum atomic E-state index is 12.6. The lowest BCUT2D eigenvalue weighted by Crippen LogP contribution is -2.33. The minimum Gasteiger partial charge on any atom is -0.329 e. The summed E-state index contributed by atoms with van der Waals surface area (Å²) >= 11 is 0.692. The minimum absolute atomic E-state index is 0.0879. The molecule has 0 aromatic heterocycles. The predicted octanol–water partition coefficient (Wildman–Crippen LogP) is 2.70. The van der Waals surface area contributed by atoms with E-state index in [2.05, 4.69) is 0 Å². The summed E-state index contributed by atoms with van der Waals surface area (Å²) in [6.07, 6.45) is -3.18. The Labute approximate surface area is 122 Å². The van der Waals surface area contributed by atoms with Crippen LogP contribution in [0, 0.1) is 0 Å². The van der Waals surface area contributed by atoms with E-state index < -0.39 is 22.9 Å². The van der Waals surface area contributed by atoms with Crippen LogP contribution in [0.4, 0.5) is 18.0 Å². The fraction of sp³-hybridized carbons (Fsp3) is 0.231. The number of imide groups is 1. The number of nitrogens with zero attached hydrogens (tertiary/aromatic N) is 1. The summed E-state index contributed by atoms with van der Waals surface area (Å²) in [5, 5.41) is -0.469. The van der Waals surface area contributed by atoms with Gasteiger partial charge < -0.3 is 5.73 Å². The average Bonchev–Trinajstić information content (AvgIpc) is 2.66. The Hall–Kier alpha value is -1.80. The van der Waals surface area contributed by atoms with Gasteiger partial charge in [-0.15, -0.1) is 0 Å². The molecule has 4 nitrogen and oxygen atoms in total. The third-order valence-corrected chi connectivity index (χ3v) is 3.65. The van der Waals surface area contributed by atoms with Crippen molar-refractivity contribution in [2.24, 2.45) is 5.73 Å². The highest BCUT2D eigenvalue weighted by molar-refractivity contribution is 8.18. The van der Waals surface area contributed by atoms with E-state index in [1.165, 1.54) is 18.2 Å². The van der Waals surface area contributed by atoms with Gasteiger partial charge in [-0.1, -0.05) is 12.1 Å². The van der Waals surface area contributed by atoms with Crippen LogP contribution in [-0.2, 0) is 11.0 Å². The van der Waals surface area contributed by atoms with Crippen molar-refractivity contribution in [2.75, 3.05) is 13.1 Å². The normalized spacial score (nSPS) is 17.9. The summed E-state index contributed by atoms with van der Waals surface area (Å²) in [6.45, 7) is 0.222. The van der Waals surface area contributed by atoms with Crippen LogP contribution < -0.4 is 5.73 Å². The van der Waals surface area contributed by atoms with Gasteiger partial charge in [0, 0.05) is 13.1 Å². The summed E-state index contributed by atoms with van der Waals surface area (Å²) in [7, 11) is 0. The van der Waals surface area contributed by atoms with E-state index in [4.69, 9.17) is 5.73 Å². The first-order chi connectivity index (χ1) is 9.82. The lowest BCUT2D eigenvalue weighted by Gasteiger charge is -2.09. The van der Waals surface area contributed by atoms with Crippen LogP contribution in [0.25, 0.3) is 6.08 Å². The van der Waals surface area contributed by atoms with Gasteiger partial charge in [-0.2, -0.15) is 13.2 Å². The van der Waals surface area contributed by atoms with Crippen molar-refractivity contribution in [3.8, 4) is 0 Å². The van der Waals surface area contributed by atoms with Crippen LogP contribution in [0.15, 0.2) is 29.2 Å². The molecule has 1 aliphatic heterocycles. The first-order valence-electron chi connectivity index (χ1n) is 5.95. The molecule has 0 aliphatic carbocycles. The molecule has 8 heteroatoms. The molecule has 0 bridgehead atoms. The Morgan fingerprint density at radius 2 is 2.00 bits per heavy atom. The molecule has 0 spiro atoms. The van der Waals surface area contributed by atoms with E-state index in [0.29, 0.717) is 11.8 Å². The van der Waals surface area contributed by atoms with Crippen molar-refractivity contribution in [2.45, 2.75) is 6.18 Å². The summed E-state index contributed by atoms with van der Waals surface area (Å²) in [6, 6.07) is 4.55. The van der Waals surface area contributed by atoms with Crippen molar-refractivity contribution in [3.05, 3.63) is 40.3 Å². The number of alkyl halides is 3. The van der Waals surface area contributed by atoms with Crippen LogP contribution >= 0.6 is 11.8 Å². The fourth-order valence-electron chi connectivity index (χ4n) is 1.78. The third kappa shape index (κ3) is 3.45. The van der Waals surface area contributed by atoms with E-state index >= 15 is 0 Å². The van der Waals surface area contributed by atoms with Crippen LogP contribution in [0.5, 0.6) is 0 Å². The van der Waals surface area contributed by atoms with E-state index in [1.807, 2.05) is 0 Å². The second-order valence-corrected chi connectivity index (χ2v) is 5.24. The average molecular weight is 316 g/mol. The smallest absolute Gasteiger partial charge is 0.329 e. The lowest BCUT2D eigenvalue weighted by atomic mass is 10.1. The number of halogens is 3. The topological polar surface area (TPSA) is 63.4 Å². The van der Waals surface area contributed by atoms with Gasteiger partial charge in [-0.3, -0.25) is 14.5 Å². The second-order valence-electron chi connectivity index (χ2n) is 4.25. The highest BCUT2D eigenvalue weighted by atomic mass is 32.2. The summed E-state index contributed by atoms with van der Waals surface area (Å²) in [5.74, 6) is -0.534. The van der Waals surface area contributed by atoms with E-state index in [0.717, 1.165) is 17.0 Å². The minimum atomic E-state index is -4.46. The largest absolute Gasteiger partial charge is 0.416 e. The third-order valence-electron chi connectivity index (χ3n) is 2.74. The SMILES string of the molecule is NCCN1C(=O)S/C(=C\c2cccc(C(F)(F)F)c2)C1=O. The Morgan fingerprint density at radius 1 is 1.29 bits per heavy atom. The molecule has 1 aromatic rings. The first-order valence-corrected chi connectivity index (χ1v) is 6.77. The highest BCUT2D eigenvalue weighted by Crippen LogP contribution is 2.33. The number of benzene rings is 1. The van der Waals surface area contributed by atoms with Crippen LogP contribution in [0.2, 0.25) is 0 Å². The zero-order chi connectivity index (χ0) is 15.6. The maximum Gasteiger partial charge on any atom is 0.416 e. The highest BCUT2D eigenvalue weighted by Gasteiger charge is 2.34. The zero-order valence-corrected chi connectivity index (χ0v) is 11.5. The van der Waals surface area contributed by atoms with Gasteiger partial charge in [0.05, 0.1) is 10.5 Å². The molecule has 1 saturated heterocycles. The van der Waals surface area contributed by atoms with Gasteiger partial charge in [0.1, 0.15) is 0 Å². The summed E-state index contributed by atoms with van der Waals surface area (Å²) < 4.78 is 37.8. The van der Waals surface area contributed by atoms with Crippen molar-refractivity contribution in [1.82, 2.24) is 4.90 Å². The fourth-order valence-corrected chi connectivity index (χ4v) is 2.64. The molecular formula is C13H11F3N2O2S. The lowest BCUT2D eigenvalue weighted by molar-refractivity contribution is -0.137. The van der Waals surface area contributed by atoms with Gasteiger partial charge in [-0.25, -0.2) is 0 Å². The van der Waals surface area contributed by atoms with E-state index in [1.54, 1.807) is 0 Å². The van der Waals surface area contributed by atoms with Crippen molar-refractivity contribution in [1.29, 1.82) is 0 Å². The Kier molecular flexibility index (Phi) is 4.38. The quantitative estimate of drug-likeness (QED) is 0.871. The van der Waals surface area contributed by atoms with Crippen molar-refractivity contribution >= 4 is 29.0 Å². The number of carbonyl (C=O) groups is 2. The van der Waals surface area contributed by atoms with E-state index in [-0.39, 0.29) is 23.6 Å². The Balaban J connectivity index is 2.29. The Morgan fingerprint density at radius 3 is 2.62 bits per heavy atom. The summed E-state index contributed by atoms with van der Waals surface area (Å²) in [4.78, 5) is 24.6. The molecule has 1 aliphatic rings. The van der Waals surface area contributed by atoms with Crippen LogP contribution in [0.1, 0.15) is 11.1 Å². The molecule has 0 saturated carbocycles. The molecule has 21 heavy (non-hydrogen) atoms. The Bertz CT molecular complexity index is 614. The molecule has 112 valence electrons. The number of hydrogen-bond acceptors (Lipinski definition) is 4. The summed E-state index contributed by atoms with van der Waals surface area (Å²) in [5.41, 5.74) is 4.70. The van der Waals surface area contributed by atoms with Gasteiger partial charge in [0.2, 0.25) is 0 Å². The first kappa shape index (κ1) is 15.6. The number of carbonyl (C=O) groups excluding carboxylic acids is 2.